The van der Waals surface area contributed by atoms with E-state index in [2.05, 4.69) is 6.07 Å². The second-order valence-corrected chi connectivity index (χ2v) is 9.23. The minimum atomic E-state index is -0.707. The Balaban J connectivity index is 1.28. The summed E-state index contributed by atoms with van der Waals surface area (Å²) in [6.45, 7) is 1.37. The molecular weight excluding hydrogens is 436 g/mol. The number of nitrogens with zero attached hydrogens (tertiary/aromatic N) is 2. The Morgan fingerprint density at radius 3 is 2.79 bits per heavy atom. The van der Waals surface area contributed by atoms with Crippen molar-refractivity contribution in [2.45, 2.75) is 36.8 Å². The van der Waals surface area contributed by atoms with Crippen molar-refractivity contribution in [1.29, 1.82) is 0 Å². The summed E-state index contributed by atoms with van der Waals surface area (Å²) >= 11 is 1.37. The summed E-state index contributed by atoms with van der Waals surface area (Å²) in [4.78, 5) is 17.9. The van der Waals surface area contributed by atoms with Crippen molar-refractivity contribution in [3.63, 3.8) is 0 Å². The van der Waals surface area contributed by atoms with Crippen LogP contribution >= 0.6 is 11.8 Å². The molecule has 170 valence electrons. The molecule has 1 saturated heterocycles. The van der Waals surface area contributed by atoms with Gasteiger partial charge in [-0.2, -0.15) is 0 Å². The molecule has 0 saturated carbocycles. The lowest BCUT2D eigenvalue weighted by Crippen LogP contribution is -2.29. The maximum Gasteiger partial charge on any atom is 0.262 e. The van der Waals surface area contributed by atoms with E-state index in [1.807, 2.05) is 54.6 Å². The van der Waals surface area contributed by atoms with Crippen molar-refractivity contribution >= 4 is 33.4 Å². The summed E-state index contributed by atoms with van der Waals surface area (Å²) in [6.07, 6.45) is 1.26. The monoisotopic (exact) mass is 462 g/mol. The van der Waals surface area contributed by atoms with Gasteiger partial charge in [0.25, 0.3) is 5.56 Å². The molecule has 3 aromatic carbocycles. The van der Waals surface area contributed by atoms with Crippen LogP contribution in [0, 0.1) is 0 Å². The molecule has 1 aliphatic heterocycles. The van der Waals surface area contributed by atoms with Crippen molar-refractivity contribution in [3.8, 4) is 5.75 Å². The molecule has 1 aliphatic rings. The third kappa shape index (κ3) is 5.05. The fraction of sp³-hybridized carbons (Fsp3) is 0.308. The topological polar surface area (TPSA) is 73.6 Å². The summed E-state index contributed by atoms with van der Waals surface area (Å²) in [5.41, 5.74) is 0.594. The van der Waals surface area contributed by atoms with Crippen LogP contribution in [0.1, 0.15) is 12.8 Å². The van der Waals surface area contributed by atoms with E-state index in [-0.39, 0.29) is 18.3 Å². The largest absolute Gasteiger partial charge is 0.491 e. The second-order valence-electron chi connectivity index (χ2n) is 8.25. The van der Waals surface area contributed by atoms with Crippen LogP contribution in [0.15, 0.2) is 76.7 Å². The van der Waals surface area contributed by atoms with Crippen LogP contribution in [0.3, 0.4) is 0 Å². The molecule has 1 N–H and O–H groups in total. The second kappa shape index (κ2) is 9.95. The first-order valence-corrected chi connectivity index (χ1v) is 12.2. The molecule has 0 amide bonds. The molecular formula is C26H26N2O4S. The summed E-state index contributed by atoms with van der Waals surface area (Å²) < 4.78 is 13.3. The molecule has 1 aromatic heterocycles. The molecule has 5 rings (SSSR count). The number of ether oxygens (including phenoxy) is 2. The number of hydrogen-bond acceptors (Lipinski definition) is 6. The number of fused-ring (bicyclic) bond motifs is 2. The highest BCUT2D eigenvalue weighted by molar-refractivity contribution is 7.99. The van der Waals surface area contributed by atoms with Crippen molar-refractivity contribution in [3.05, 3.63) is 77.1 Å². The van der Waals surface area contributed by atoms with Crippen LogP contribution in [0.5, 0.6) is 5.75 Å². The highest BCUT2D eigenvalue weighted by atomic mass is 32.2. The number of thioether (sulfide) groups is 1. The Bertz CT molecular complexity index is 1320. The van der Waals surface area contributed by atoms with Gasteiger partial charge in [0.1, 0.15) is 12.4 Å². The van der Waals surface area contributed by atoms with Gasteiger partial charge >= 0.3 is 0 Å². The standard InChI is InChI=1S/C26H26N2O4S/c29-20(16-32-21-12-11-18-6-1-2-7-19(18)14-21)17-33-26-27-24-10-4-3-9-23(24)25(30)28(26)15-22-8-5-13-31-22/h1-4,6-7,9-12,14,20,22,29H,5,8,13,15-17H2. The smallest absolute Gasteiger partial charge is 0.262 e. The van der Waals surface area contributed by atoms with Gasteiger partial charge in [0.05, 0.1) is 29.7 Å². The Kier molecular flexibility index (Phi) is 6.62. The number of rotatable bonds is 8. The zero-order valence-corrected chi connectivity index (χ0v) is 19.0. The van der Waals surface area contributed by atoms with Crippen LogP contribution in [-0.2, 0) is 11.3 Å². The number of aliphatic hydroxyl groups is 1. The molecule has 2 atom stereocenters. The Labute approximate surface area is 196 Å². The van der Waals surface area contributed by atoms with E-state index < -0.39 is 6.10 Å². The Hall–Kier alpha value is -2.87. The van der Waals surface area contributed by atoms with Crippen molar-refractivity contribution < 1.29 is 14.6 Å². The maximum atomic E-state index is 13.2. The average molecular weight is 463 g/mol. The first-order valence-electron chi connectivity index (χ1n) is 11.2. The van der Waals surface area contributed by atoms with Crippen LogP contribution in [0.4, 0.5) is 0 Å². The van der Waals surface area contributed by atoms with Gasteiger partial charge in [0, 0.05) is 12.4 Å². The normalized spacial score (nSPS) is 16.9. The zero-order chi connectivity index (χ0) is 22.6. The lowest BCUT2D eigenvalue weighted by Gasteiger charge is -2.17. The Morgan fingerprint density at radius 1 is 1.12 bits per heavy atom. The molecule has 2 heterocycles. The number of aromatic nitrogens is 2. The predicted molar refractivity (Wildman–Crippen MR) is 131 cm³/mol. The van der Waals surface area contributed by atoms with Gasteiger partial charge < -0.3 is 14.6 Å². The maximum absolute atomic E-state index is 13.2. The molecule has 7 heteroatoms. The highest BCUT2D eigenvalue weighted by Gasteiger charge is 2.21. The fourth-order valence-electron chi connectivity index (χ4n) is 4.08. The predicted octanol–water partition coefficient (Wildman–Crippen LogP) is 4.26. The lowest BCUT2D eigenvalue weighted by molar-refractivity contribution is 0.0937. The minimum Gasteiger partial charge on any atom is -0.491 e. The number of para-hydroxylation sites is 1. The first-order chi connectivity index (χ1) is 16.2. The van der Waals surface area contributed by atoms with E-state index in [1.54, 1.807) is 10.6 Å². The molecule has 4 aromatic rings. The highest BCUT2D eigenvalue weighted by Crippen LogP contribution is 2.23. The van der Waals surface area contributed by atoms with Gasteiger partial charge in [-0.05, 0) is 47.9 Å². The van der Waals surface area contributed by atoms with E-state index in [1.165, 1.54) is 11.8 Å². The van der Waals surface area contributed by atoms with Gasteiger partial charge in [0.2, 0.25) is 0 Å². The number of benzene rings is 3. The summed E-state index contributed by atoms with van der Waals surface area (Å²) in [5, 5.41) is 14.0. The Morgan fingerprint density at radius 2 is 1.94 bits per heavy atom. The molecule has 2 unspecified atom stereocenters. The summed E-state index contributed by atoms with van der Waals surface area (Å²) in [5.74, 6) is 1.08. The summed E-state index contributed by atoms with van der Waals surface area (Å²) in [6, 6.07) is 21.3. The number of aliphatic hydroxyl groups excluding tert-OH is 1. The summed E-state index contributed by atoms with van der Waals surface area (Å²) in [7, 11) is 0. The van der Waals surface area contributed by atoms with Gasteiger partial charge in [0.15, 0.2) is 5.16 Å². The first kappa shape index (κ1) is 21.9. The van der Waals surface area contributed by atoms with Crippen LogP contribution in [-0.4, -0.2) is 45.8 Å². The van der Waals surface area contributed by atoms with Crippen molar-refractivity contribution in [2.75, 3.05) is 19.0 Å². The molecule has 6 nitrogen and oxygen atoms in total. The molecule has 1 fully saturated rings. The van der Waals surface area contributed by atoms with Gasteiger partial charge in [-0.25, -0.2) is 4.98 Å². The van der Waals surface area contributed by atoms with Crippen molar-refractivity contribution in [1.82, 2.24) is 9.55 Å². The zero-order valence-electron chi connectivity index (χ0n) is 18.2. The lowest BCUT2D eigenvalue weighted by atomic mass is 10.1. The molecule has 0 spiro atoms. The molecule has 0 radical (unpaired) electrons. The van der Waals surface area contributed by atoms with Crippen LogP contribution in [0.2, 0.25) is 0 Å². The average Bonchev–Trinajstić information content (AvgIpc) is 3.36. The number of hydrogen-bond donors (Lipinski definition) is 1. The van der Waals surface area contributed by atoms with E-state index in [9.17, 15) is 9.90 Å². The third-order valence-electron chi connectivity index (χ3n) is 5.80. The van der Waals surface area contributed by atoms with E-state index >= 15 is 0 Å². The molecule has 0 bridgehead atoms. The van der Waals surface area contributed by atoms with E-state index in [4.69, 9.17) is 14.5 Å². The van der Waals surface area contributed by atoms with Gasteiger partial charge in [-0.15, -0.1) is 0 Å². The third-order valence-corrected chi connectivity index (χ3v) is 6.93. The molecule has 0 aliphatic carbocycles. The minimum absolute atomic E-state index is 0.0196. The van der Waals surface area contributed by atoms with Crippen LogP contribution < -0.4 is 10.3 Å². The van der Waals surface area contributed by atoms with E-state index in [0.717, 1.165) is 36.0 Å². The fourth-order valence-corrected chi connectivity index (χ4v) is 4.99. The van der Waals surface area contributed by atoms with E-state index in [0.29, 0.717) is 28.4 Å². The SMILES string of the molecule is O=c1c2ccccc2nc(SCC(O)COc2ccc3ccccc3c2)n1CC1CCCO1. The van der Waals surface area contributed by atoms with Crippen LogP contribution in [0.25, 0.3) is 21.7 Å². The quantitative estimate of drug-likeness (QED) is 0.312. The van der Waals surface area contributed by atoms with Gasteiger partial charge in [-0.3, -0.25) is 9.36 Å². The van der Waals surface area contributed by atoms with Gasteiger partial charge in [-0.1, -0.05) is 54.2 Å². The molecule has 33 heavy (non-hydrogen) atoms. The van der Waals surface area contributed by atoms with Crippen molar-refractivity contribution in [2.24, 2.45) is 0 Å².